The van der Waals surface area contributed by atoms with Gasteiger partial charge in [-0.3, -0.25) is 0 Å². The van der Waals surface area contributed by atoms with Crippen LogP contribution in [0.1, 0.15) is 12.5 Å². The van der Waals surface area contributed by atoms with Crippen molar-refractivity contribution in [3.63, 3.8) is 0 Å². The average molecular weight is 297 g/mol. The van der Waals surface area contributed by atoms with Crippen molar-refractivity contribution >= 4 is 22.4 Å². The third-order valence-corrected chi connectivity index (χ3v) is 3.89. The molecule has 0 unspecified atom stereocenters. The first-order chi connectivity index (χ1) is 7.97. The molecular formula is C11H18ClFN2O2S. The van der Waals surface area contributed by atoms with Crippen LogP contribution in [0.2, 0.25) is 0 Å². The summed E-state index contributed by atoms with van der Waals surface area (Å²) in [6.07, 6.45) is 0. The van der Waals surface area contributed by atoms with Gasteiger partial charge in [0.25, 0.3) is 0 Å². The van der Waals surface area contributed by atoms with Crippen molar-refractivity contribution in [3.05, 3.63) is 29.6 Å². The Morgan fingerprint density at radius 3 is 2.50 bits per heavy atom. The van der Waals surface area contributed by atoms with Crippen LogP contribution in [0.4, 0.5) is 4.39 Å². The SMILES string of the molecule is CCNCCNS(=O)(=O)c1ccc(F)cc1C.Cl. The lowest BCUT2D eigenvalue weighted by Crippen LogP contribution is -2.32. The zero-order valence-electron chi connectivity index (χ0n) is 10.4. The van der Waals surface area contributed by atoms with E-state index in [1.165, 1.54) is 12.1 Å². The van der Waals surface area contributed by atoms with E-state index in [9.17, 15) is 12.8 Å². The molecule has 0 bridgehead atoms. The van der Waals surface area contributed by atoms with E-state index in [4.69, 9.17) is 0 Å². The maximum atomic E-state index is 12.9. The molecule has 0 fully saturated rings. The van der Waals surface area contributed by atoms with Gasteiger partial charge < -0.3 is 5.32 Å². The number of benzene rings is 1. The highest BCUT2D eigenvalue weighted by Crippen LogP contribution is 2.15. The Morgan fingerprint density at radius 2 is 1.94 bits per heavy atom. The predicted octanol–water partition coefficient (Wildman–Crippen LogP) is 1.44. The Labute approximate surface area is 113 Å². The van der Waals surface area contributed by atoms with Crippen molar-refractivity contribution in [2.75, 3.05) is 19.6 Å². The monoisotopic (exact) mass is 296 g/mol. The van der Waals surface area contributed by atoms with Gasteiger partial charge in [0.2, 0.25) is 10.0 Å². The predicted molar refractivity (Wildman–Crippen MR) is 72.1 cm³/mol. The molecule has 0 saturated heterocycles. The van der Waals surface area contributed by atoms with E-state index < -0.39 is 15.8 Å². The smallest absolute Gasteiger partial charge is 0.240 e. The summed E-state index contributed by atoms with van der Waals surface area (Å²) in [6, 6.07) is 3.63. The summed E-state index contributed by atoms with van der Waals surface area (Å²) in [5, 5.41) is 3.01. The van der Waals surface area contributed by atoms with Crippen LogP contribution in [-0.2, 0) is 10.0 Å². The molecule has 1 aromatic carbocycles. The molecule has 0 aliphatic rings. The minimum Gasteiger partial charge on any atom is -0.316 e. The van der Waals surface area contributed by atoms with Gasteiger partial charge in [0, 0.05) is 13.1 Å². The van der Waals surface area contributed by atoms with Crippen LogP contribution in [0.25, 0.3) is 0 Å². The molecule has 0 aromatic heterocycles. The number of rotatable bonds is 6. The van der Waals surface area contributed by atoms with Crippen LogP contribution >= 0.6 is 12.4 Å². The molecule has 0 aliphatic carbocycles. The molecule has 1 rings (SSSR count). The highest BCUT2D eigenvalue weighted by Gasteiger charge is 2.16. The van der Waals surface area contributed by atoms with E-state index in [1.807, 2.05) is 6.92 Å². The standard InChI is InChI=1S/C11H17FN2O2S.ClH/c1-3-13-6-7-14-17(15,16)11-5-4-10(12)8-9(11)2;/h4-5,8,13-14H,3,6-7H2,1-2H3;1H. The number of halogens is 2. The first-order valence-electron chi connectivity index (χ1n) is 5.44. The summed E-state index contributed by atoms with van der Waals surface area (Å²) in [5.74, 6) is -0.436. The van der Waals surface area contributed by atoms with E-state index in [1.54, 1.807) is 6.92 Å². The number of sulfonamides is 1. The first kappa shape index (κ1) is 17.3. The third kappa shape index (κ3) is 4.89. The fourth-order valence-corrected chi connectivity index (χ4v) is 2.70. The van der Waals surface area contributed by atoms with Gasteiger partial charge in [-0.2, -0.15) is 0 Å². The van der Waals surface area contributed by atoms with Crippen LogP contribution < -0.4 is 10.0 Å². The maximum absolute atomic E-state index is 12.9. The van der Waals surface area contributed by atoms with Crippen molar-refractivity contribution in [2.45, 2.75) is 18.7 Å². The van der Waals surface area contributed by atoms with Crippen molar-refractivity contribution in [1.29, 1.82) is 0 Å². The lowest BCUT2D eigenvalue weighted by molar-refractivity contribution is 0.575. The van der Waals surface area contributed by atoms with Crippen molar-refractivity contribution in [1.82, 2.24) is 10.0 Å². The highest BCUT2D eigenvalue weighted by atomic mass is 35.5. The molecule has 18 heavy (non-hydrogen) atoms. The molecule has 0 spiro atoms. The quantitative estimate of drug-likeness (QED) is 0.781. The molecule has 0 radical (unpaired) electrons. The largest absolute Gasteiger partial charge is 0.316 e. The van der Waals surface area contributed by atoms with Crippen LogP contribution in [0.5, 0.6) is 0 Å². The van der Waals surface area contributed by atoms with Crippen LogP contribution in [0.3, 0.4) is 0 Å². The number of hydrogen-bond donors (Lipinski definition) is 2. The number of nitrogens with one attached hydrogen (secondary N) is 2. The summed E-state index contributed by atoms with van der Waals surface area (Å²) in [4.78, 5) is 0.121. The van der Waals surface area contributed by atoms with Gasteiger partial charge in [0.05, 0.1) is 4.90 Å². The summed E-state index contributed by atoms with van der Waals surface area (Å²) >= 11 is 0. The van der Waals surface area contributed by atoms with Gasteiger partial charge in [-0.05, 0) is 37.2 Å². The van der Waals surface area contributed by atoms with E-state index >= 15 is 0 Å². The van der Waals surface area contributed by atoms with Crippen LogP contribution in [-0.4, -0.2) is 28.1 Å². The van der Waals surface area contributed by atoms with Gasteiger partial charge in [-0.1, -0.05) is 6.92 Å². The average Bonchev–Trinajstić information content (AvgIpc) is 2.24. The van der Waals surface area contributed by atoms with Crippen LogP contribution in [0.15, 0.2) is 23.1 Å². The zero-order valence-corrected chi connectivity index (χ0v) is 12.0. The topological polar surface area (TPSA) is 58.2 Å². The molecule has 1 aromatic rings. The Bertz CT molecular complexity index is 480. The van der Waals surface area contributed by atoms with Crippen molar-refractivity contribution in [3.8, 4) is 0 Å². The summed E-state index contributed by atoms with van der Waals surface area (Å²) < 4.78 is 39.1. The van der Waals surface area contributed by atoms with Gasteiger partial charge in [0.15, 0.2) is 0 Å². The van der Waals surface area contributed by atoms with Gasteiger partial charge in [-0.15, -0.1) is 12.4 Å². The molecule has 0 saturated carbocycles. The lowest BCUT2D eigenvalue weighted by Gasteiger charge is -2.09. The van der Waals surface area contributed by atoms with Crippen molar-refractivity contribution in [2.24, 2.45) is 0 Å². The third-order valence-electron chi connectivity index (χ3n) is 2.27. The summed E-state index contributed by atoms with van der Waals surface area (Å²) in [7, 11) is -3.54. The lowest BCUT2D eigenvalue weighted by atomic mass is 10.2. The molecule has 0 heterocycles. The highest BCUT2D eigenvalue weighted by molar-refractivity contribution is 7.89. The first-order valence-corrected chi connectivity index (χ1v) is 6.92. The normalized spacial score (nSPS) is 11.1. The Morgan fingerprint density at radius 1 is 1.28 bits per heavy atom. The van der Waals surface area contributed by atoms with Gasteiger partial charge in [0.1, 0.15) is 5.82 Å². The fourth-order valence-electron chi connectivity index (χ4n) is 1.44. The Balaban J connectivity index is 0.00000289. The fraction of sp³-hybridized carbons (Fsp3) is 0.455. The minimum absolute atomic E-state index is 0. The Hall–Kier alpha value is -0.690. The van der Waals surface area contributed by atoms with E-state index in [0.29, 0.717) is 18.7 Å². The molecule has 7 heteroatoms. The molecule has 4 nitrogen and oxygen atoms in total. The molecule has 0 aliphatic heterocycles. The number of aryl methyl sites for hydroxylation is 1. The van der Waals surface area contributed by atoms with Crippen molar-refractivity contribution < 1.29 is 12.8 Å². The van der Waals surface area contributed by atoms with E-state index in [0.717, 1.165) is 12.6 Å². The van der Waals surface area contributed by atoms with Gasteiger partial charge >= 0.3 is 0 Å². The van der Waals surface area contributed by atoms with E-state index in [-0.39, 0.29) is 17.3 Å². The van der Waals surface area contributed by atoms with E-state index in [2.05, 4.69) is 10.0 Å². The molecule has 0 atom stereocenters. The molecule has 104 valence electrons. The molecule has 0 amide bonds. The Kier molecular flexibility index (Phi) is 7.39. The molecule has 2 N–H and O–H groups in total. The van der Waals surface area contributed by atoms with Crippen LogP contribution in [0, 0.1) is 12.7 Å². The number of hydrogen-bond acceptors (Lipinski definition) is 3. The maximum Gasteiger partial charge on any atom is 0.240 e. The summed E-state index contributed by atoms with van der Waals surface area (Å²) in [6.45, 7) is 5.18. The van der Waals surface area contributed by atoms with Gasteiger partial charge in [-0.25, -0.2) is 17.5 Å². The second-order valence-corrected chi connectivity index (χ2v) is 5.40. The second-order valence-electron chi connectivity index (χ2n) is 3.66. The minimum atomic E-state index is -3.54. The zero-order chi connectivity index (χ0) is 12.9. The second kappa shape index (κ2) is 7.68. The number of likely N-dealkylation sites (N-methyl/N-ethyl adjacent to an activating group) is 1. The summed E-state index contributed by atoms with van der Waals surface area (Å²) in [5.41, 5.74) is 0.404. The molecular weight excluding hydrogens is 279 g/mol.